The standard InChI is InChI=1S/C19H16N4O3S2/c24-16(10-11-23-14-8-4-5-9-15(14)26-19(23)25)20-17-21-22-18(28-17)27-12-13-6-2-1-3-7-13/h1-9H,10-12H2,(H,20,21,24). The van der Waals surface area contributed by atoms with Crippen LogP contribution in [0.3, 0.4) is 0 Å². The van der Waals surface area contributed by atoms with Crippen LogP contribution in [0.5, 0.6) is 0 Å². The van der Waals surface area contributed by atoms with Gasteiger partial charge in [0.05, 0.1) is 5.52 Å². The fourth-order valence-corrected chi connectivity index (χ4v) is 4.38. The van der Waals surface area contributed by atoms with Crippen LogP contribution in [0.1, 0.15) is 12.0 Å². The third-order valence-corrected chi connectivity index (χ3v) is 6.04. The van der Waals surface area contributed by atoms with E-state index in [1.54, 1.807) is 30.0 Å². The SMILES string of the molecule is O=C(CCn1c(=O)oc2ccccc21)Nc1nnc(SCc2ccccc2)s1. The Labute approximate surface area is 168 Å². The van der Waals surface area contributed by atoms with Crippen LogP contribution in [0.15, 0.2) is 68.1 Å². The minimum atomic E-state index is -0.468. The van der Waals surface area contributed by atoms with Crippen molar-refractivity contribution in [2.45, 2.75) is 23.1 Å². The summed E-state index contributed by atoms with van der Waals surface area (Å²) in [5.41, 5.74) is 2.39. The van der Waals surface area contributed by atoms with Gasteiger partial charge in [0.1, 0.15) is 0 Å². The summed E-state index contributed by atoms with van der Waals surface area (Å²) in [6.07, 6.45) is 0.134. The van der Waals surface area contributed by atoms with Crippen LogP contribution < -0.4 is 11.1 Å². The van der Waals surface area contributed by atoms with Crippen molar-refractivity contribution in [3.63, 3.8) is 0 Å². The van der Waals surface area contributed by atoms with Gasteiger partial charge in [0.25, 0.3) is 0 Å². The molecule has 0 atom stereocenters. The molecule has 1 amide bonds. The molecule has 0 saturated carbocycles. The molecule has 142 valence electrons. The van der Waals surface area contributed by atoms with Gasteiger partial charge in [0.15, 0.2) is 9.92 Å². The third-order valence-electron chi connectivity index (χ3n) is 3.99. The molecule has 0 aliphatic rings. The molecule has 2 aromatic heterocycles. The number of amides is 1. The molecule has 0 saturated heterocycles. The quantitative estimate of drug-likeness (QED) is 0.367. The average Bonchev–Trinajstić information content (AvgIpc) is 3.28. The Bertz CT molecular complexity index is 1150. The molecule has 4 rings (SSSR count). The maximum Gasteiger partial charge on any atom is 0.419 e. The zero-order valence-corrected chi connectivity index (χ0v) is 16.3. The number of hydrogen-bond acceptors (Lipinski definition) is 7. The summed E-state index contributed by atoms with van der Waals surface area (Å²) in [7, 11) is 0. The molecule has 0 aliphatic carbocycles. The number of aryl methyl sites for hydroxylation is 1. The zero-order chi connectivity index (χ0) is 19.3. The fraction of sp³-hybridized carbons (Fsp3) is 0.158. The van der Waals surface area contributed by atoms with E-state index in [-0.39, 0.29) is 18.9 Å². The minimum absolute atomic E-state index is 0.134. The van der Waals surface area contributed by atoms with Crippen LogP contribution in [-0.2, 0) is 17.1 Å². The molecule has 4 aromatic rings. The summed E-state index contributed by atoms with van der Waals surface area (Å²) in [5, 5.41) is 11.3. The monoisotopic (exact) mass is 412 g/mol. The lowest BCUT2D eigenvalue weighted by Gasteiger charge is -2.02. The van der Waals surface area contributed by atoms with Crippen molar-refractivity contribution >= 4 is 45.2 Å². The summed E-state index contributed by atoms with van der Waals surface area (Å²) in [6, 6.07) is 17.2. The molecule has 9 heteroatoms. The van der Waals surface area contributed by atoms with Gasteiger partial charge in [-0.2, -0.15) is 0 Å². The van der Waals surface area contributed by atoms with E-state index >= 15 is 0 Å². The number of oxazole rings is 1. The normalized spacial score (nSPS) is 11.0. The van der Waals surface area contributed by atoms with Crippen LogP contribution in [0.2, 0.25) is 0 Å². The van der Waals surface area contributed by atoms with Gasteiger partial charge in [0, 0.05) is 18.7 Å². The molecule has 7 nitrogen and oxygen atoms in total. The van der Waals surface area contributed by atoms with E-state index < -0.39 is 5.76 Å². The van der Waals surface area contributed by atoms with Gasteiger partial charge in [-0.05, 0) is 17.7 Å². The van der Waals surface area contributed by atoms with Crippen LogP contribution >= 0.6 is 23.1 Å². The first-order valence-electron chi connectivity index (χ1n) is 8.57. The number of nitrogens with zero attached hydrogens (tertiary/aromatic N) is 3. The van der Waals surface area contributed by atoms with E-state index in [1.807, 2.05) is 24.3 Å². The molecular weight excluding hydrogens is 396 g/mol. The number of aromatic nitrogens is 3. The van der Waals surface area contributed by atoms with Gasteiger partial charge in [-0.1, -0.05) is 65.6 Å². The van der Waals surface area contributed by atoms with Crippen LogP contribution in [0, 0.1) is 0 Å². The summed E-state index contributed by atoms with van der Waals surface area (Å²) in [4.78, 5) is 24.2. The maximum atomic E-state index is 12.2. The lowest BCUT2D eigenvalue weighted by Crippen LogP contribution is -2.19. The number of anilines is 1. The fourth-order valence-electron chi connectivity index (χ4n) is 2.66. The van der Waals surface area contributed by atoms with E-state index in [2.05, 4.69) is 27.6 Å². The van der Waals surface area contributed by atoms with Gasteiger partial charge < -0.3 is 9.73 Å². The molecule has 28 heavy (non-hydrogen) atoms. The highest BCUT2D eigenvalue weighted by Gasteiger charge is 2.12. The summed E-state index contributed by atoms with van der Waals surface area (Å²) >= 11 is 2.90. The Balaban J connectivity index is 1.32. The largest absolute Gasteiger partial charge is 0.419 e. The molecule has 1 N–H and O–H groups in total. The lowest BCUT2D eigenvalue weighted by molar-refractivity contribution is -0.116. The number of hydrogen-bond donors (Lipinski definition) is 1. The predicted octanol–water partition coefficient (Wildman–Crippen LogP) is 3.77. The highest BCUT2D eigenvalue weighted by molar-refractivity contribution is 8.00. The summed E-state index contributed by atoms with van der Waals surface area (Å²) < 4.78 is 7.41. The van der Waals surface area contributed by atoms with E-state index in [9.17, 15) is 9.59 Å². The van der Waals surface area contributed by atoms with Gasteiger partial charge in [0.2, 0.25) is 11.0 Å². The van der Waals surface area contributed by atoms with Crippen molar-refractivity contribution in [2.24, 2.45) is 0 Å². The first-order valence-corrected chi connectivity index (χ1v) is 10.4. The van der Waals surface area contributed by atoms with E-state index in [1.165, 1.54) is 21.5 Å². The van der Waals surface area contributed by atoms with Crippen molar-refractivity contribution in [1.82, 2.24) is 14.8 Å². The molecule has 0 bridgehead atoms. The molecule has 0 spiro atoms. The predicted molar refractivity (Wildman–Crippen MR) is 110 cm³/mol. The second-order valence-corrected chi connectivity index (χ2v) is 8.13. The molecule has 0 fully saturated rings. The number of rotatable bonds is 7. The smallest absolute Gasteiger partial charge is 0.408 e. The Morgan fingerprint density at radius 2 is 1.89 bits per heavy atom. The Hall–Kier alpha value is -2.91. The minimum Gasteiger partial charge on any atom is -0.408 e. The zero-order valence-electron chi connectivity index (χ0n) is 14.7. The van der Waals surface area contributed by atoms with Gasteiger partial charge in [-0.25, -0.2) is 4.79 Å². The number of carbonyl (C=O) groups is 1. The molecule has 0 radical (unpaired) electrons. The highest BCUT2D eigenvalue weighted by atomic mass is 32.2. The van der Waals surface area contributed by atoms with Gasteiger partial charge in [-0.3, -0.25) is 9.36 Å². The number of carbonyl (C=O) groups excluding carboxylic acids is 1. The average molecular weight is 412 g/mol. The Morgan fingerprint density at radius 1 is 1.11 bits per heavy atom. The van der Waals surface area contributed by atoms with Crippen molar-refractivity contribution in [2.75, 3.05) is 5.32 Å². The molecule has 0 unspecified atom stereocenters. The lowest BCUT2D eigenvalue weighted by atomic mass is 10.2. The third kappa shape index (κ3) is 4.32. The Kier molecular flexibility index (Phi) is 5.54. The van der Waals surface area contributed by atoms with E-state index in [0.29, 0.717) is 16.2 Å². The van der Waals surface area contributed by atoms with Gasteiger partial charge >= 0.3 is 5.76 Å². The second-order valence-electron chi connectivity index (χ2n) is 5.93. The van der Waals surface area contributed by atoms with Crippen molar-refractivity contribution in [3.05, 3.63) is 70.7 Å². The second kappa shape index (κ2) is 8.41. The van der Waals surface area contributed by atoms with E-state index in [4.69, 9.17) is 4.42 Å². The number of fused-ring (bicyclic) bond motifs is 1. The van der Waals surface area contributed by atoms with Crippen molar-refractivity contribution in [3.8, 4) is 0 Å². The van der Waals surface area contributed by atoms with Crippen LogP contribution in [0.4, 0.5) is 5.13 Å². The van der Waals surface area contributed by atoms with Gasteiger partial charge in [-0.15, -0.1) is 10.2 Å². The topological polar surface area (TPSA) is 90.0 Å². The maximum absolute atomic E-state index is 12.2. The number of benzene rings is 2. The number of nitrogens with one attached hydrogen (secondary N) is 1. The highest BCUT2D eigenvalue weighted by Crippen LogP contribution is 2.28. The summed E-state index contributed by atoms with van der Waals surface area (Å²) in [5.74, 6) is 0.0948. The van der Waals surface area contributed by atoms with Crippen LogP contribution in [-0.4, -0.2) is 20.7 Å². The molecule has 2 heterocycles. The molecular formula is C19H16N4O3S2. The molecule has 0 aliphatic heterocycles. The first kappa shape index (κ1) is 18.5. The van der Waals surface area contributed by atoms with Crippen molar-refractivity contribution < 1.29 is 9.21 Å². The number of thioether (sulfide) groups is 1. The molecule has 2 aromatic carbocycles. The van der Waals surface area contributed by atoms with E-state index in [0.717, 1.165) is 10.1 Å². The van der Waals surface area contributed by atoms with Crippen molar-refractivity contribution in [1.29, 1.82) is 0 Å². The first-order chi connectivity index (χ1) is 13.7. The number of para-hydroxylation sites is 2. The Morgan fingerprint density at radius 3 is 2.75 bits per heavy atom. The van der Waals surface area contributed by atoms with Crippen LogP contribution in [0.25, 0.3) is 11.1 Å². The summed E-state index contributed by atoms with van der Waals surface area (Å²) in [6.45, 7) is 0.232.